The average molecular weight is 265 g/mol. The lowest BCUT2D eigenvalue weighted by Gasteiger charge is -2.00. The van der Waals surface area contributed by atoms with Crippen LogP contribution >= 0.6 is 15.9 Å². The van der Waals surface area contributed by atoms with Crippen LogP contribution in [0.15, 0.2) is 46.5 Å². The van der Waals surface area contributed by atoms with E-state index in [4.69, 9.17) is 0 Å². The number of aromatic nitrogens is 3. The number of halogens is 1. The van der Waals surface area contributed by atoms with Gasteiger partial charge in [0.1, 0.15) is 12.7 Å². The van der Waals surface area contributed by atoms with Crippen LogP contribution in [-0.2, 0) is 0 Å². The molecule has 0 amide bonds. The SMILES string of the molecule is C/C(=N/n1cnnc1)c1cccc(Br)c1. The molecule has 0 unspecified atom stereocenters. The van der Waals surface area contributed by atoms with Gasteiger partial charge in [-0.1, -0.05) is 28.1 Å². The van der Waals surface area contributed by atoms with Crippen molar-refractivity contribution in [2.24, 2.45) is 5.10 Å². The molecule has 0 N–H and O–H groups in total. The Morgan fingerprint density at radius 3 is 2.73 bits per heavy atom. The molecule has 2 rings (SSSR count). The van der Waals surface area contributed by atoms with Gasteiger partial charge < -0.3 is 0 Å². The third kappa shape index (κ3) is 2.50. The van der Waals surface area contributed by atoms with Gasteiger partial charge >= 0.3 is 0 Å². The number of nitrogens with zero attached hydrogens (tertiary/aromatic N) is 4. The second-order valence-electron chi connectivity index (χ2n) is 3.04. The standard InChI is InChI=1S/C10H9BrN4/c1-8(14-15-6-12-13-7-15)9-3-2-4-10(11)5-9/h2-7H,1H3/b14-8-. The molecule has 0 fully saturated rings. The van der Waals surface area contributed by atoms with E-state index in [9.17, 15) is 0 Å². The van der Waals surface area contributed by atoms with Gasteiger partial charge in [0.25, 0.3) is 0 Å². The summed E-state index contributed by atoms with van der Waals surface area (Å²) >= 11 is 3.42. The summed E-state index contributed by atoms with van der Waals surface area (Å²) in [4.78, 5) is 0. The third-order valence-corrected chi connectivity index (χ3v) is 2.41. The molecule has 76 valence electrons. The van der Waals surface area contributed by atoms with Crippen LogP contribution < -0.4 is 0 Å². The number of hydrogen-bond acceptors (Lipinski definition) is 3. The van der Waals surface area contributed by atoms with E-state index in [2.05, 4.69) is 31.2 Å². The molecule has 0 aliphatic heterocycles. The van der Waals surface area contributed by atoms with Crippen LogP contribution in [0.5, 0.6) is 0 Å². The molecule has 2 aromatic rings. The van der Waals surface area contributed by atoms with Crippen LogP contribution in [0.25, 0.3) is 0 Å². The maximum Gasteiger partial charge on any atom is 0.141 e. The normalized spacial score (nSPS) is 11.7. The second kappa shape index (κ2) is 4.35. The summed E-state index contributed by atoms with van der Waals surface area (Å²) < 4.78 is 2.62. The molecule has 0 atom stereocenters. The Kier molecular flexibility index (Phi) is 2.91. The van der Waals surface area contributed by atoms with Crippen molar-refractivity contribution in [2.45, 2.75) is 6.92 Å². The minimum Gasteiger partial charge on any atom is -0.207 e. The number of benzene rings is 1. The van der Waals surface area contributed by atoms with Gasteiger partial charge in [-0.15, -0.1) is 10.2 Å². The summed E-state index contributed by atoms with van der Waals surface area (Å²) in [6.07, 6.45) is 3.11. The average Bonchev–Trinajstić information content (AvgIpc) is 2.70. The minimum absolute atomic E-state index is 0.913. The quantitative estimate of drug-likeness (QED) is 0.782. The molecule has 0 saturated heterocycles. The van der Waals surface area contributed by atoms with Crippen LogP contribution in [0.4, 0.5) is 0 Å². The highest BCUT2D eigenvalue weighted by Gasteiger charge is 1.98. The van der Waals surface area contributed by atoms with Crippen molar-refractivity contribution in [3.63, 3.8) is 0 Å². The second-order valence-corrected chi connectivity index (χ2v) is 3.95. The molecule has 0 aliphatic rings. The molecular weight excluding hydrogens is 256 g/mol. The largest absolute Gasteiger partial charge is 0.207 e. The molecule has 0 radical (unpaired) electrons. The first-order valence-electron chi connectivity index (χ1n) is 4.42. The van der Waals surface area contributed by atoms with Gasteiger partial charge in [-0.25, -0.2) is 4.68 Å². The highest BCUT2D eigenvalue weighted by Crippen LogP contribution is 2.12. The van der Waals surface area contributed by atoms with Crippen LogP contribution in [0.2, 0.25) is 0 Å². The van der Waals surface area contributed by atoms with Crippen molar-refractivity contribution in [1.82, 2.24) is 14.9 Å². The minimum atomic E-state index is 0.913. The fourth-order valence-electron chi connectivity index (χ4n) is 1.19. The topological polar surface area (TPSA) is 43.1 Å². The fourth-order valence-corrected chi connectivity index (χ4v) is 1.59. The van der Waals surface area contributed by atoms with Gasteiger partial charge in [-0.3, -0.25) is 0 Å². The molecule has 0 saturated carbocycles. The van der Waals surface area contributed by atoms with Crippen molar-refractivity contribution >= 4 is 21.6 Å². The van der Waals surface area contributed by atoms with E-state index >= 15 is 0 Å². The molecule has 5 heteroatoms. The molecule has 0 spiro atoms. The first-order chi connectivity index (χ1) is 7.25. The predicted molar refractivity (Wildman–Crippen MR) is 61.8 cm³/mol. The van der Waals surface area contributed by atoms with Crippen LogP contribution in [0.1, 0.15) is 12.5 Å². The van der Waals surface area contributed by atoms with E-state index in [0.29, 0.717) is 0 Å². The Hall–Kier alpha value is -1.49. The highest BCUT2D eigenvalue weighted by molar-refractivity contribution is 9.10. The van der Waals surface area contributed by atoms with Crippen molar-refractivity contribution in [2.75, 3.05) is 0 Å². The molecule has 1 aromatic carbocycles. The summed E-state index contributed by atoms with van der Waals surface area (Å²) in [7, 11) is 0. The fraction of sp³-hybridized carbons (Fsp3) is 0.100. The molecule has 0 aliphatic carbocycles. The van der Waals surface area contributed by atoms with Gasteiger partial charge in [0.2, 0.25) is 0 Å². The molecule has 4 nitrogen and oxygen atoms in total. The summed E-state index contributed by atoms with van der Waals surface area (Å²) in [5.74, 6) is 0. The maximum atomic E-state index is 4.32. The Morgan fingerprint density at radius 1 is 1.33 bits per heavy atom. The molecule has 1 heterocycles. The maximum absolute atomic E-state index is 4.32. The first kappa shape index (κ1) is 10.0. The van der Waals surface area contributed by atoms with Crippen molar-refractivity contribution in [3.8, 4) is 0 Å². The third-order valence-electron chi connectivity index (χ3n) is 1.91. The van der Waals surface area contributed by atoms with Gasteiger partial charge in [0.05, 0.1) is 5.71 Å². The molecule has 1 aromatic heterocycles. The lowest BCUT2D eigenvalue weighted by atomic mass is 10.1. The van der Waals surface area contributed by atoms with E-state index in [0.717, 1.165) is 15.7 Å². The number of hydrogen-bond donors (Lipinski definition) is 0. The number of rotatable bonds is 2. The smallest absolute Gasteiger partial charge is 0.141 e. The van der Waals surface area contributed by atoms with E-state index in [1.165, 1.54) is 0 Å². The van der Waals surface area contributed by atoms with Crippen LogP contribution in [-0.4, -0.2) is 20.6 Å². The summed E-state index contributed by atoms with van der Waals surface area (Å²) in [5, 5.41) is 11.7. The lowest BCUT2D eigenvalue weighted by Crippen LogP contribution is -1.98. The highest BCUT2D eigenvalue weighted by atomic mass is 79.9. The summed E-state index contributed by atoms with van der Waals surface area (Å²) in [6, 6.07) is 7.98. The zero-order chi connectivity index (χ0) is 10.7. The van der Waals surface area contributed by atoms with Crippen molar-refractivity contribution < 1.29 is 0 Å². The molecule has 15 heavy (non-hydrogen) atoms. The van der Waals surface area contributed by atoms with Gasteiger partial charge in [-0.2, -0.15) is 5.10 Å². The van der Waals surface area contributed by atoms with Gasteiger partial charge in [-0.05, 0) is 24.6 Å². The first-order valence-corrected chi connectivity index (χ1v) is 5.21. The van der Waals surface area contributed by atoms with Crippen molar-refractivity contribution in [1.29, 1.82) is 0 Å². The monoisotopic (exact) mass is 264 g/mol. The Morgan fingerprint density at radius 2 is 2.07 bits per heavy atom. The van der Waals surface area contributed by atoms with E-state index in [1.54, 1.807) is 17.3 Å². The Balaban J connectivity index is 2.32. The zero-order valence-corrected chi connectivity index (χ0v) is 9.72. The van der Waals surface area contributed by atoms with Gasteiger partial charge in [0, 0.05) is 4.47 Å². The molecule has 0 bridgehead atoms. The zero-order valence-electron chi connectivity index (χ0n) is 8.13. The molecular formula is C10H9BrN4. The Bertz CT molecular complexity index is 476. The van der Waals surface area contributed by atoms with Crippen LogP contribution in [0.3, 0.4) is 0 Å². The predicted octanol–water partition coefficient (Wildman–Crippen LogP) is 2.31. The summed E-state index contributed by atoms with van der Waals surface area (Å²) in [5.41, 5.74) is 1.98. The Labute approximate surface area is 95.8 Å². The summed E-state index contributed by atoms with van der Waals surface area (Å²) in [6.45, 7) is 1.95. The van der Waals surface area contributed by atoms with E-state index < -0.39 is 0 Å². The van der Waals surface area contributed by atoms with Crippen LogP contribution in [0, 0.1) is 0 Å². The van der Waals surface area contributed by atoms with E-state index in [-0.39, 0.29) is 0 Å². The van der Waals surface area contributed by atoms with Crippen molar-refractivity contribution in [3.05, 3.63) is 47.0 Å². The van der Waals surface area contributed by atoms with E-state index in [1.807, 2.05) is 31.2 Å². The lowest BCUT2D eigenvalue weighted by molar-refractivity contribution is 0.871. The van der Waals surface area contributed by atoms with Gasteiger partial charge in [0.15, 0.2) is 0 Å².